The summed E-state index contributed by atoms with van der Waals surface area (Å²) in [7, 11) is 0. The van der Waals surface area contributed by atoms with E-state index in [0.29, 0.717) is 22.9 Å². The minimum Gasteiger partial charge on any atom is -0.353 e. The van der Waals surface area contributed by atoms with Crippen molar-refractivity contribution in [2.24, 2.45) is 17.8 Å². The Bertz CT molecular complexity index is 1240. The Balaban J connectivity index is 1.39. The van der Waals surface area contributed by atoms with Crippen molar-refractivity contribution in [3.63, 3.8) is 0 Å². The number of carbonyl (C=O) groups is 1. The highest BCUT2D eigenvalue weighted by Crippen LogP contribution is 2.46. The van der Waals surface area contributed by atoms with E-state index in [-0.39, 0.29) is 29.7 Å². The van der Waals surface area contributed by atoms with Gasteiger partial charge in [0.15, 0.2) is 0 Å². The molecule has 192 valence electrons. The number of hydrogen-bond donors (Lipinski definition) is 1. The minimum atomic E-state index is -4.35. The first-order valence-electron chi connectivity index (χ1n) is 12.7. The van der Waals surface area contributed by atoms with Crippen molar-refractivity contribution in [1.29, 1.82) is 0 Å². The van der Waals surface area contributed by atoms with E-state index in [1.165, 1.54) is 23.3 Å². The molecule has 1 amide bonds. The second-order valence-corrected chi connectivity index (χ2v) is 10.6. The van der Waals surface area contributed by atoms with Gasteiger partial charge in [-0.15, -0.1) is 0 Å². The van der Waals surface area contributed by atoms with E-state index in [2.05, 4.69) is 41.7 Å². The third-order valence-electron chi connectivity index (χ3n) is 7.89. The number of rotatable bonds is 5. The summed E-state index contributed by atoms with van der Waals surface area (Å²) in [6, 6.07) is 23.9. The molecule has 0 spiro atoms. The molecule has 5 unspecified atom stereocenters. The largest absolute Gasteiger partial charge is 0.416 e. The van der Waals surface area contributed by atoms with Crippen molar-refractivity contribution < 1.29 is 18.0 Å². The van der Waals surface area contributed by atoms with Gasteiger partial charge in [0.1, 0.15) is 0 Å². The predicted molar refractivity (Wildman–Crippen MR) is 141 cm³/mol. The lowest BCUT2D eigenvalue weighted by Gasteiger charge is -2.45. The zero-order valence-electron chi connectivity index (χ0n) is 20.3. The Labute approximate surface area is 220 Å². The molecular weight excluding hydrogens is 495 g/mol. The number of carbonyl (C=O) groups excluding carboxylic acids is 1. The third-order valence-corrected chi connectivity index (χ3v) is 8.14. The van der Waals surface area contributed by atoms with Crippen molar-refractivity contribution in [1.82, 2.24) is 5.32 Å². The SMILES string of the molecule is O=C1CC(/C=C/c2ccc(C(F)(F)F)cc2)C2CC(C(c3ccccc3)c3ccc(Cl)cc3)CCC2N1. The lowest BCUT2D eigenvalue weighted by molar-refractivity contribution is -0.137. The second kappa shape index (κ2) is 10.7. The maximum absolute atomic E-state index is 12.9. The van der Waals surface area contributed by atoms with Crippen LogP contribution in [0.15, 0.2) is 84.9 Å². The summed E-state index contributed by atoms with van der Waals surface area (Å²) in [5, 5.41) is 3.91. The van der Waals surface area contributed by atoms with E-state index in [1.54, 1.807) is 0 Å². The fraction of sp³-hybridized carbons (Fsp3) is 0.323. The van der Waals surface area contributed by atoms with E-state index >= 15 is 0 Å². The summed E-state index contributed by atoms with van der Waals surface area (Å²) in [4.78, 5) is 12.5. The molecule has 37 heavy (non-hydrogen) atoms. The Kier molecular flexibility index (Phi) is 7.43. The summed E-state index contributed by atoms with van der Waals surface area (Å²) < 4.78 is 38.8. The van der Waals surface area contributed by atoms with Gasteiger partial charge >= 0.3 is 6.18 Å². The first-order chi connectivity index (χ1) is 17.8. The summed E-state index contributed by atoms with van der Waals surface area (Å²) >= 11 is 6.18. The number of amides is 1. The molecule has 2 aliphatic rings. The number of halogens is 4. The lowest BCUT2D eigenvalue weighted by Crippen LogP contribution is -2.51. The van der Waals surface area contributed by atoms with Crippen molar-refractivity contribution >= 4 is 23.6 Å². The van der Waals surface area contributed by atoms with Crippen LogP contribution in [0.25, 0.3) is 6.08 Å². The highest BCUT2D eigenvalue weighted by atomic mass is 35.5. The molecule has 5 rings (SSSR count). The zero-order valence-corrected chi connectivity index (χ0v) is 21.1. The molecule has 3 aromatic carbocycles. The summed E-state index contributed by atoms with van der Waals surface area (Å²) in [6.07, 6.45) is 2.78. The number of allylic oxidation sites excluding steroid dienone is 1. The molecule has 5 atom stereocenters. The highest BCUT2D eigenvalue weighted by Gasteiger charge is 2.42. The van der Waals surface area contributed by atoms with Gasteiger partial charge in [0, 0.05) is 23.4 Å². The number of piperidine rings is 1. The van der Waals surface area contributed by atoms with Gasteiger partial charge in [-0.1, -0.05) is 78.4 Å². The Morgan fingerprint density at radius 1 is 0.892 bits per heavy atom. The average Bonchev–Trinajstić information content (AvgIpc) is 2.89. The molecule has 0 aromatic heterocycles. The zero-order chi connectivity index (χ0) is 26.0. The maximum Gasteiger partial charge on any atom is 0.416 e. The van der Waals surface area contributed by atoms with Crippen LogP contribution in [0.5, 0.6) is 0 Å². The van der Waals surface area contributed by atoms with Gasteiger partial charge in [0.2, 0.25) is 5.91 Å². The number of fused-ring (bicyclic) bond motifs is 1. The van der Waals surface area contributed by atoms with Crippen LogP contribution in [-0.2, 0) is 11.0 Å². The van der Waals surface area contributed by atoms with Gasteiger partial charge in [-0.3, -0.25) is 4.79 Å². The first kappa shape index (κ1) is 25.6. The third kappa shape index (κ3) is 5.93. The van der Waals surface area contributed by atoms with E-state index in [9.17, 15) is 18.0 Å². The van der Waals surface area contributed by atoms with Crippen LogP contribution in [0, 0.1) is 17.8 Å². The Morgan fingerprint density at radius 3 is 2.24 bits per heavy atom. The summed E-state index contributed by atoms with van der Waals surface area (Å²) in [5.74, 6) is 0.948. The smallest absolute Gasteiger partial charge is 0.353 e. The number of hydrogen-bond acceptors (Lipinski definition) is 1. The molecule has 1 aliphatic carbocycles. The van der Waals surface area contributed by atoms with Crippen LogP contribution in [0.3, 0.4) is 0 Å². The van der Waals surface area contributed by atoms with Crippen molar-refractivity contribution in [3.05, 3.63) is 112 Å². The van der Waals surface area contributed by atoms with E-state index < -0.39 is 11.7 Å². The molecule has 6 heteroatoms. The predicted octanol–water partition coefficient (Wildman–Crippen LogP) is 8.13. The maximum atomic E-state index is 12.9. The van der Waals surface area contributed by atoms with Crippen molar-refractivity contribution in [2.45, 2.75) is 43.8 Å². The van der Waals surface area contributed by atoms with Crippen molar-refractivity contribution in [2.75, 3.05) is 0 Å². The van der Waals surface area contributed by atoms with Gasteiger partial charge in [-0.25, -0.2) is 0 Å². The quantitative estimate of drug-likeness (QED) is 0.359. The standard InChI is InChI=1S/C31H29ClF3NO/c32-26-15-10-22(11-16-26)30(21-4-2-1-3-5-21)24-12-17-28-27(18-24)23(19-29(37)36-28)9-6-20-7-13-25(14-8-20)31(33,34)35/h1-11,13-16,23-24,27-28,30H,12,17-19H2,(H,36,37)/b9-6+. The van der Waals surface area contributed by atoms with E-state index in [4.69, 9.17) is 11.6 Å². The van der Waals surface area contributed by atoms with Crippen LogP contribution in [-0.4, -0.2) is 11.9 Å². The molecule has 2 fully saturated rings. The molecule has 1 saturated carbocycles. The fourth-order valence-corrected chi connectivity index (χ4v) is 6.25. The molecule has 1 N–H and O–H groups in total. The van der Waals surface area contributed by atoms with Gasteiger partial charge in [-0.05, 0) is 78.0 Å². The Morgan fingerprint density at radius 2 is 1.57 bits per heavy atom. The van der Waals surface area contributed by atoms with Gasteiger partial charge in [0.25, 0.3) is 0 Å². The molecule has 1 heterocycles. The molecule has 1 aliphatic heterocycles. The number of nitrogens with one attached hydrogen (secondary N) is 1. The topological polar surface area (TPSA) is 29.1 Å². The molecule has 0 radical (unpaired) electrons. The van der Waals surface area contributed by atoms with E-state index in [1.807, 2.05) is 30.4 Å². The molecular formula is C31H29ClF3NO. The first-order valence-corrected chi connectivity index (χ1v) is 13.1. The normalized spacial score (nSPS) is 24.9. The van der Waals surface area contributed by atoms with E-state index in [0.717, 1.165) is 31.4 Å². The lowest BCUT2D eigenvalue weighted by atomic mass is 9.64. The molecule has 0 bridgehead atoms. The minimum absolute atomic E-state index is 0.0329. The Hall–Kier alpha value is -3.05. The number of benzene rings is 3. The van der Waals surface area contributed by atoms with Crippen LogP contribution in [0.1, 0.15) is 53.9 Å². The van der Waals surface area contributed by atoms with Crippen LogP contribution in [0.2, 0.25) is 5.02 Å². The molecule has 3 aromatic rings. The molecule has 1 saturated heterocycles. The summed E-state index contributed by atoms with van der Waals surface area (Å²) in [6.45, 7) is 0. The van der Waals surface area contributed by atoms with Gasteiger partial charge < -0.3 is 5.32 Å². The fourth-order valence-electron chi connectivity index (χ4n) is 6.12. The highest BCUT2D eigenvalue weighted by molar-refractivity contribution is 6.30. The van der Waals surface area contributed by atoms with Crippen LogP contribution >= 0.6 is 11.6 Å². The van der Waals surface area contributed by atoms with Crippen molar-refractivity contribution in [3.8, 4) is 0 Å². The molecule has 2 nitrogen and oxygen atoms in total. The monoisotopic (exact) mass is 523 g/mol. The van der Waals surface area contributed by atoms with Crippen LogP contribution in [0.4, 0.5) is 13.2 Å². The van der Waals surface area contributed by atoms with Gasteiger partial charge in [0.05, 0.1) is 5.56 Å². The summed E-state index contributed by atoms with van der Waals surface area (Å²) in [5.41, 5.74) is 2.54. The number of alkyl halides is 3. The average molecular weight is 524 g/mol. The van der Waals surface area contributed by atoms with Crippen LogP contribution < -0.4 is 5.32 Å². The second-order valence-electron chi connectivity index (χ2n) is 10.2. The van der Waals surface area contributed by atoms with Gasteiger partial charge in [-0.2, -0.15) is 13.2 Å².